The van der Waals surface area contributed by atoms with Crippen molar-refractivity contribution in [2.24, 2.45) is 5.92 Å². The lowest BCUT2D eigenvalue weighted by Crippen LogP contribution is -2.44. The highest BCUT2D eigenvalue weighted by Gasteiger charge is 2.37. The van der Waals surface area contributed by atoms with E-state index in [2.05, 4.69) is 12.0 Å². The molecule has 6 nitrogen and oxygen atoms in total. The first-order valence-corrected chi connectivity index (χ1v) is 13.5. The number of rotatable bonds is 19. The van der Waals surface area contributed by atoms with Crippen LogP contribution >= 0.6 is 30.9 Å². The van der Waals surface area contributed by atoms with Crippen molar-refractivity contribution in [1.82, 2.24) is 9.76 Å². The van der Waals surface area contributed by atoms with Crippen LogP contribution in [0.3, 0.4) is 0 Å². The van der Waals surface area contributed by atoms with E-state index in [4.69, 9.17) is 32.5 Å². The van der Waals surface area contributed by atoms with Crippen LogP contribution < -0.4 is 5.09 Å². The highest BCUT2D eigenvalue weighted by atomic mass is 35.5. The van der Waals surface area contributed by atoms with Crippen LogP contribution in [0.2, 0.25) is 0 Å². The molecule has 0 bridgehead atoms. The van der Waals surface area contributed by atoms with Gasteiger partial charge >= 0.3 is 13.6 Å². The lowest BCUT2D eigenvalue weighted by Gasteiger charge is -2.33. The third kappa shape index (κ3) is 12.6. The Labute approximate surface area is 187 Å². The molecule has 0 aromatic carbocycles. The van der Waals surface area contributed by atoms with Crippen molar-refractivity contribution < 1.29 is 18.6 Å². The lowest BCUT2D eigenvalue weighted by molar-refractivity contribution is -0.143. The molecule has 2 unspecified atom stereocenters. The van der Waals surface area contributed by atoms with Crippen LogP contribution in [-0.4, -0.2) is 55.2 Å². The second-order valence-electron chi connectivity index (χ2n) is 7.53. The molecule has 9 heteroatoms. The van der Waals surface area contributed by atoms with Gasteiger partial charge in [-0.25, -0.2) is 9.76 Å². The number of carbonyl (C=O) groups is 1. The second-order valence-corrected chi connectivity index (χ2v) is 10.4. The summed E-state index contributed by atoms with van der Waals surface area (Å²) in [5, 5.41) is 2.94. The number of halogens is 2. The van der Waals surface area contributed by atoms with Crippen LogP contribution in [0.1, 0.15) is 72.1 Å². The smallest absolute Gasteiger partial charge is 0.344 e. The van der Waals surface area contributed by atoms with Gasteiger partial charge in [0, 0.05) is 24.8 Å². The minimum Gasteiger partial charge on any atom is -0.468 e. The van der Waals surface area contributed by atoms with Gasteiger partial charge < -0.3 is 9.26 Å². The Hall–Kier alpha value is 0.160. The van der Waals surface area contributed by atoms with Gasteiger partial charge in [-0.1, -0.05) is 65.7 Å². The van der Waals surface area contributed by atoms with E-state index in [0.717, 1.165) is 19.3 Å². The number of nitrogens with one attached hydrogen (secondary N) is 1. The van der Waals surface area contributed by atoms with E-state index >= 15 is 0 Å². The van der Waals surface area contributed by atoms with Gasteiger partial charge in [0.15, 0.2) is 0 Å². The van der Waals surface area contributed by atoms with E-state index in [0.29, 0.717) is 19.7 Å². The number of hydrogen-bond acceptors (Lipinski definition) is 4. The highest BCUT2D eigenvalue weighted by molar-refractivity contribution is 7.54. The molecule has 0 rings (SSSR count). The Bertz CT molecular complexity index is 464. The van der Waals surface area contributed by atoms with Gasteiger partial charge in [-0.15, -0.1) is 23.2 Å². The number of carbonyl (C=O) groups excluding carboxylic acids is 1. The molecule has 174 valence electrons. The average molecular weight is 475 g/mol. The maximum Gasteiger partial charge on any atom is 0.344 e. The van der Waals surface area contributed by atoms with Crippen molar-refractivity contribution in [3.63, 3.8) is 0 Å². The normalized spacial score (nSPS) is 14.9. The topological polar surface area (TPSA) is 67.9 Å². The van der Waals surface area contributed by atoms with Crippen molar-refractivity contribution in [1.29, 1.82) is 0 Å². The van der Waals surface area contributed by atoms with Crippen LogP contribution in [0.25, 0.3) is 0 Å². The largest absolute Gasteiger partial charge is 0.468 e. The zero-order chi connectivity index (χ0) is 22.1. The van der Waals surface area contributed by atoms with Crippen LogP contribution in [0.5, 0.6) is 0 Å². The van der Waals surface area contributed by atoms with Crippen molar-refractivity contribution in [2.45, 2.75) is 78.2 Å². The number of nitrogens with zero attached hydrogens (tertiary/aromatic N) is 1. The summed E-state index contributed by atoms with van der Waals surface area (Å²) in [6.45, 7) is 7.00. The molecule has 0 amide bonds. The van der Waals surface area contributed by atoms with E-state index in [1.165, 1.54) is 39.2 Å². The number of ether oxygens (including phenoxy) is 1. The summed E-state index contributed by atoms with van der Waals surface area (Å²) in [6.07, 6.45) is 9.33. The summed E-state index contributed by atoms with van der Waals surface area (Å²) < 4.78 is 26.1. The molecule has 0 spiro atoms. The SMILES string of the molecule is CCCCCCCCCCOP(=O)(NC(C(=O)OC)C(C)C)N(CCCl)CCCl. The number of unbranched alkanes of at least 4 members (excludes halogenated alkanes) is 7. The minimum absolute atomic E-state index is 0.114. The Balaban J connectivity index is 4.87. The maximum atomic E-state index is 13.7. The third-order valence-corrected chi connectivity index (χ3v) is 7.37. The first-order chi connectivity index (χ1) is 13.9. The van der Waals surface area contributed by atoms with Gasteiger partial charge in [0.2, 0.25) is 0 Å². The molecule has 0 aliphatic carbocycles. The summed E-state index contributed by atoms with van der Waals surface area (Å²) in [6, 6.07) is -0.738. The van der Waals surface area contributed by atoms with Crippen molar-refractivity contribution >= 4 is 36.8 Å². The van der Waals surface area contributed by atoms with E-state index in [9.17, 15) is 9.36 Å². The van der Waals surface area contributed by atoms with E-state index in [1.54, 1.807) is 4.67 Å². The average Bonchev–Trinajstić information content (AvgIpc) is 2.70. The molecule has 0 saturated heterocycles. The molecule has 0 aromatic rings. The van der Waals surface area contributed by atoms with Crippen molar-refractivity contribution in [3.8, 4) is 0 Å². The molecular formula is C20H41Cl2N2O4P. The molecule has 0 aromatic heterocycles. The van der Waals surface area contributed by atoms with E-state index in [1.807, 2.05) is 13.8 Å². The van der Waals surface area contributed by atoms with Crippen LogP contribution in [0.15, 0.2) is 0 Å². The Morgan fingerprint density at radius 1 is 1.00 bits per heavy atom. The number of hydrogen-bond donors (Lipinski definition) is 1. The molecule has 0 aliphatic rings. The molecule has 1 N–H and O–H groups in total. The number of esters is 1. The fraction of sp³-hybridized carbons (Fsp3) is 0.950. The molecule has 29 heavy (non-hydrogen) atoms. The van der Waals surface area contributed by atoms with Gasteiger partial charge in [-0.3, -0.25) is 9.36 Å². The fourth-order valence-corrected chi connectivity index (χ4v) is 5.87. The summed E-state index contributed by atoms with van der Waals surface area (Å²) in [4.78, 5) is 12.2. The second kappa shape index (κ2) is 17.8. The zero-order valence-electron chi connectivity index (χ0n) is 18.6. The zero-order valence-corrected chi connectivity index (χ0v) is 21.0. The first-order valence-electron chi connectivity index (χ1n) is 10.8. The predicted molar refractivity (Wildman–Crippen MR) is 123 cm³/mol. The summed E-state index contributed by atoms with van der Waals surface area (Å²) in [5.74, 6) is -0.00775. The summed E-state index contributed by atoms with van der Waals surface area (Å²) in [7, 11) is -2.18. The molecule has 0 radical (unpaired) electrons. The molecule has 0 saturated carbocycles. The van der Waals surface area contributed by atoms with Gasteiger partial charge in [0.1, 0.15) is 6.04 Å². The summed E-state index contributed by atoms with van der Waals surface area (Å²) >= 11 is 11.8. The Morgan fingerprint density at radius 2 is 1.52 bits per heavy atom. The highest BCUT2D eigenvalue weighted by Crippen LogP contribution is 2.48. The molecule has 0 heterocycles. The molecule has 0 aliphatic heterocycles. The maximum absolute atomic E-state index is 13.7. The quantitative estimate of drug-likeness (QED) is 0.110. The van der Waals surface area contributed by atoms with Crippen LogP contribution in [-0.2, 0) is 18.6 Å². The van der Waals surface area contributed by atoms with Gasteiger partial charge in [-0.05, 0) is 12.3 Å². The Morgan fingerprint density at radius 3 is 1.97 bits per heavy atom. The van der Waals surface area contributed by atoms with Crippen LogP contribution in [0, 0.1) is 5.92 Å². The van der Waals surface area contributed by atoms with Crippen LogP contribution in [0.4, 0.5) is 0 Å². The lowest BCUT2D eigenvalue weighted by atomic mass is 10.1. The van der Waals surface area contributed by atoms with Crippen molar-refractivity contribution in [2.75, 3.05) is 38.6 Å². The minimum atomic E-state index is -3.50. The fourth-order valence-electron chi connectivity index (χ4n) is 2.97. The van der Waals surface area contributed by atoms with Crippen molar-refractivity contribution in [3.05, 3.63) is 0 Å². The molecule has 2 atom stereocenters. The van der Waals surface area contributed by atoms with E-state index < -0.39 is 19.7 Å². The van der Waals surface area contributed by atoms with Gasteiger partial charge in [0.25, 0.3) is 0 Å². The predicted octanol–water partition coefficient (Wildman–Crippen LogP) is 5.82. The third-order valence-electron chi connectivity index (χ3n) is 4.75. The van der Waals surface area contributed by atoms with Gasteiger partial charge in [-0.2, -0.15) is 0 Å². The standard InChI is InChI=1S/C20H41Cl2N2O4P/c1-5-6-7-8-9-10-11-12-17-28-29(26,24(15-13-21)16-14-22)23-19(18(2)3)20(25)27-4/h18-19H,5-17H2,1-4H3,(H,23,26). The monoisotopic (exact) mass is 474 g/mol. The molecule has 0 fully saturated rings. The number of alkyl halides is 2. The summed E-state index contributed by atoms with van der Waals surface area (Å²) in [5.41, 5.74) is 0. The Kier molecular flexibility index (Phi) is 17.9. The van der Waals surface area contributed by atoms with Gasteiger partial charge in [0.05, 0.1) is 13.7 Å². The number of methoxy groups -OCH3 is 1. The first kappa shape index (κ1) is 29.2. The van der Waals surface area contributed by atoms with E-state index in [-0.39, 0.29) is 17.7 Å². The molecular weight excluding hydrogens is 434 g/mol.